The predicted molar refractivity (Wildman–Crippen MR) is 122 cm³/mol. The van der Waals surface area contributed by atoms with Gasteiger partial charge in [0.15, 0.2) is 4.87 Å². The Labute approximate surface area is 184 Å². The zero-order valence-corrected chi connectivity index (χ0v) is 20.2. The Bertz CT molecular complexity index is 1030. The average molecular weight is 496 g/mol. The summed E-state index contributed by atoms with van der Waals surface area (Å²) < 4.78 is 42.2. The van der Waals surface area contributed by atoms with Gasteiger partial charge in [0.2, 0.25) is 10.0 Å². The van der Waals surface area contributed by atoms with E-state index < -0.39 is 25.7 Å². The Morgan fingerprint density at radius 2 is 1.59 bits per heavy atom. The standard InChI is InChI=1S/C22H26BrNO3S2/c1-16(2)21-22(14-5-15-23,28(25)19-10-6-17(3)7-11-19)24(21)29(26,27)20-12-8-18(4)9-13-20/h5-14,16,21H,15H2,1-4H3/b14-5+/t21-,22+,24?,28?/m0/s1. The van der Waals surface area contributed by atoms with Crippen molar-refractivity contribution in [1.82, 2.24) is 4.31 Å². The van der Waals surface area contributed by atoms with Crippen molar-refractivity contribution < 1.29 is 12.6 Å². The van der Waals surface area contributed by atoms with Crippen LogP contribution in [0.1, 0.15) is 25.0 Å². The molecule has 0 saturated carbocycles. The number of aryl methyl sites for hydroxylation is 2. The molecule has 0 aliphatic carbocycles. The molecule has 4 nitrogen and oxygen atoms in total. The van der Waals surface area contributed by atoms with Crippen molar-refractivity contribution in [2.24, 2.45) is 5.92 Å². The van der Waals surface area contributed by atoms with E-state index in [0.717, 1.165) is 11.1 Å². The van der Waals surface area contributed by atoms with Gasteiger partial charge in [-0.1, -0.05) is 77.3 Å². The summed E-state index contributed by atoms with van der Waals surface area (Å²) in [6, 6.07) is 13.9. The van der Waals surface area contributed by atoms with Gasteiger partial charge in [0, 0.05) is 10.2 Å². The van der Waals surface area contributed by atoms with Crippen LogP contribution in [0.2, 0.25) is 0 Å². The van der Waals surface area contributed by atoms with E-state index in [4.69, 9.17) is 0 Å². The van der Waals surface area contributed by atoms with Crippen LogP contribution in [0.25, 0.3) is 0 Å². The van der Waals surface area contributed by atoms with Crippen molar-refractivity contribution >= 4 is 36.8 Å². The van der Waals surface area contributed by atoms with Crippen LogP contribution in [0.5, 0.6) is 0 Å². The van der Waals surface area contributed by atoms with Gasteiger partial charge in [0.1, 0.15) is 0 Å². The Kier molecular flexibility index (Phi) is 6.53. The van der Waals surface area contributed by atoms with E-state index in [0.29, 0.717) is 10.2 Å². The molecule has 1 aliphatic rings. The van der Waals surface area contributed by atoms with Gasteiger partial charge in [0.05, 0.1) is 21.7 Å². The van der Waals surface area contributed by atoms with Crippen molar-refractivity contribution in [3.05, 3.63) is 71.8 Å². The molecule has 7 heteroatoms. The normalized spacial score (nSPS) is 25.4. The van der Waals surface area contributed by atoms with Crippen LogP contribution >= 0.6 is 15.9 Å². The minimum atomic E-state index is -3.80. The van der Waals surface area contributed by atoms with Crippen LogP contribution in [0, 0.1) is 19.8 Å². The zero-order chi connectivity index (χ0) is 21.4. The first kappa shape index (κ1) is 22.4. The maximum absolute atomic E-state index is 13.7. The topological polar surface area (TPSA) is 54.2 Å². The number of halogens is 1. The molecule has 2 aromatic rings. The second-order valence-corrected chi connectivity index (χ2v) is 11.8. The number of sulfonamides is 1. The van der Waals surface area contributed by atoms with Crippen molar-refractivity contribution in [3.63, 3.8) is 0 Å². The van der Waals surface area contributed by atoms with E-state index >= 15 is 0 Å². The lowest BCUT2D eigenvalue weighted by Crippen LogP contribution is -2.27. The molecule has 0 amide bonds. The predicted octanol–water partition coefficient (Wildman–Crippen LogP) is 4.79. The van der Waals surface area contributed by atoms with Crippen LogP contribution in [0.3, 0.4) is 0 Å². The van der Waals surface area contributed by atoms with E-state index in [-0.39, 0.29) is 16.9 Å². The lowest BCUT2D eigenvalue weighted by molar-refractivity contribution is 0.517. The summed E-state index contributed by atoms with van der Waals surface area (Å²) in [5.74, 6) is 0.00426. The van der Waals surface area contributed by atoms with Crippen molar-refractivity contribution in [2.75, 3.05) is 5.33 Å². The molecule has 1 heterocycles. The summed E-state index contributed by atoms with van der Waals surface area (Å²) in [5, 5.41) is 0.559. The second kappa shape index (κ2) is 8.46. The second-order valence-electron chi connectivity index (χ2n) is 7.69. The molecular formula is C22H26BrNO3S2. The van der Waals surface area contributed by atoms with E-state index in [1.54, 1.807) is 30.3 Å². The summed E-state index contributed by atoms with van der Waals surface area (Å²) in [7, 11) is -5.36. The van der Waals surface area contributed by atoms with Crippen LogP contribution in [-0.2, 0) is 20.8 Å². The molecule has 0 radical (unpaired) electrons. The molecule has 0 N–H and O–H groups in total. The van der Waals surface area contributed by atoms with Gasteiger partial charge >= 0.3 is 0 Å². The number of benzene rings is 2. The summed E-state index contributed by atoms with van der Waals surface area (Å²) >= 11 is 3.37. The Balaban J connectivity index is 2.13. The molecule has 3 rings (SSSR count). The molecule has 0 bridgehead atoms. The monoisotopic (exact) mass is 495 g/mol. The number of allylic oxidation sites excluding steroid dienone is 1. The number of alkyl halides is 1. The zero-order valence-electron chi connectivity index (χ0n) is 17.0. The third-order valence-electron chi connectivity index (χ3n) is 5.14. The molecule has 1 fully saturated rings. The highest BCUT2D eigenvalue weighted by molar-refractivity contribution is 9.09. The fourth-order valence-electron chi connectivity index (χ4n) is 3.68. The smallest absolute Gasteiger partial charge is 0.245 e. The van der Waals surface area contributed by atoms with E-state index in [1.165, 1.54) is 4.31 Å². The van der Waals surface area contributed by atoms with E-state index in [1.807, 2.05) is 58.0 Å². The number of nitrogens with zero attached hydrogens (tertiary/aromatic N) is 1. The largest absolute Gasteiger partial charge is 0.252 e. The fourth-order valence-corrected chi connectivity index (χ4v) is 8.15. The first-order chi connectivity index (χ1) is 13.7. The SMILES string of the molecule is Cc1ccc(S(=O)[C@]2(/C=C/CBr)[C@H](C(C)C)N2S(=O)(=O)c2ccc(C)cc2)cc1. The third-order valence-corrected chi connectivity index (χ3v) is 9.41. The molecule has 1 saturated heterocycles. The Morgan fingerprint density at radius 1 is 1.07 bits per heavy atom. The number of hydrogen-bond acceptors (Lipinski definition) is 3. The van der Waals surface area contributed by atoms with Gasteiger partial charge < -0.3 is 0 Å². The van der Waals surface area contributed by atoms with Gasteiger partial charge in [-0.2, -0.15) is 4.31 Å². The highest BCUT2D eigenvalue weighted by atomic mass is 79.9. The fraction of sp³-hybridized carbons (Fsp3) is 0.364. The minimum absolute atomic E-state index is 0.00426. The maximum atomic E-state index is 13.7. The van der Waals surface area contributed by atoms with Gasteiger partial charge in [-0.15, -0.1) is 0 Å². The van der Waals surface area contributed by atoms with Gasteiger partial charge in [-0.3, -0.25) is 4.21 Å². The molecule has 4 atom stereocenters. The van der Waals surface area contributed by atoms with Crippen LogP contribution in [-0.4, -0.2) is 33.2 Å². The minimum Gasteiger partial charge on any atom is -0.252 e. The molecule has 0 aromatic heterocycles. The summed E-state index contributed by atoms with van der Waals surface area (Å²) in [4.78, 5) is -0.244. The number of hydrogen-bond donors (Lipinski definition) is 0. The first-order valence-electron chi connectivity index (χ1n) is 9.49. The summed E-state index contributed by atoms with van der Waals surface area (Å²) in [6.07, 6.45) is 3.64. The molecule has 2 aromatic carbocycles. The highest BCUT2D eigenvalue weighted by Crippen LogP contribution is 2.54. The van der Waals surface area contributed by atoms with E-state index in [9.17, 15) is 12.6 Å². The van der Waals surface area contributed by atoms with Gasteiger partial charge in [0.25, 0.3) is 0 Å². The molecule has 156 valence electrons. The van der Waals surface area contributed by atoms with Crippen molar-refractivity contribution in [3.8, 4) is 0 Å². The number of rotatable bonds is 7. The van der Waals surface area contributed by atoms with Crippen molar-refractivity contribution in [2.45, 2.75) is 48.4 Å². The van der Waals surface area contributed by atoms with Crippen LogP contribution < -0.4 is 0 Å². The average Bonchev–Trinajstić information content (AvgIpc) is 3.38. The van der Waals surface area contributed by atoms with Crippen molar-refractivity contribution in [1.29, 1.82) is 0 Å². The van der Waals surface area contributed by atoms with E-state index in [2.05, 4.69) is 15.9 Å². The van der Waals surface area contributed by atoms with Gasteiger partial charge in [-0.05, 0) is 44.0 Å². The highest BCUT2D eigenvalue weighted by Gasteiger charge is 2.72. The lowest BCUT2D eigenvalue weighted by Gasteiger charge is -2.15. The quantitative estimate of drug-likeness (QED) is 0.315. The summed E-state index contributed by atoms with van der Waals surface area (Å²) in [5.41, 5.74) is 2.06. The molecule has 29 heavy (non-hydrogen) atoms. The summed E-state index contributed by atoms with van der Waals surface area (Å²) in [6.45, 7) is 7.83. The molecule has 2 unspecified atom stereocenters. The van der Waals surface area contributed by atoms with Gasteiger partial charge in [-0.25, -0.2) is 8.42 Å². The van der Waals surface area contributed by atoms with Crippen LogP contribution in [0.4, 0.5) is 0 Å². The first-order valence-corrected chi connectivity index (χ1v) is 13.2. The lowest BCUT2D eigenvalue weighted by atomic mass is 10.1. The molecule has 0 spiro atoms. The molecular weight excluding hydrogens is 470 g/mol. The molecule has 1 aliphatic heterocycles. The Morgan fingerprint density at radius 3 is 2.07 bits per heavy atom. The Hall–Kier alpha value is -1.28. The third kappa shape index (κ3) is 4.02. The maximum Gasteiger partial charge on any atom is 0.245 e. The van der Waals surface area contributed by atoms with Crippen LogP contribution in [0.15, 0.2) is 70.5 Å².